The second-order valence-corrected chi connectivity index (χ2v) is 3.93. The van der Waals surface area contributed by atoms with Crippen LogP contribution in [0.2, 0.25) is 0 Å². The SMILES string of the molecule is CC(C)CCNC(=O)Cc1nnnn1C. The first-order chi connectivity index (χ1) is 7.09. The second kappa shape index (κ2) is 5.43. The summed E-state index contributed by atoms with van der Waals surface area (Å²) in [5.74, 6) is 1.15. The van der Waals surface area contributed by atoms with Gasteiger partial charge in [-0.05, 0) is 22.8 Å². The summed E-state index contributed by atoms with van der Waals surface area (Å²) in [5, 5.41) is 13.7. The number of carbonyl (C=O) groups is 1. The molecule has 1 rings (SSSR count). The molecule has 0 aliphatic carbocycles. The lowest BCUT2D eigenvalue weighted by atomic mass is 10.1. The average Bonchev–Trinajstić information content (AvgIpc) is 2.51. The molecule has 0 spiro atoms. The molecule has 0 aliphatic rings. The smallest absolute Gasteiger partial charge is 0.227 e. The summed E-state index contributed by atoms with van der Waals surface area (Å²) < 4.78 is 1.50. The molecule has 6 heteroatoms. The van der Waals surface area contributed by atoms with Crippen LogP contribution in [-0.2, 0) is 18.3 Å². The van der Waals surface area contributed by atoms with Gasteiger partial charge in [-0.15, -0.1) is 5.10 Å². The summed E-state index contributed by atoms with van der Waals surface area (Å²) in [4.78, 5) is 11.4. The molecule has 0 bridgehead atoms. The number of hydrogen-bond donors (Lipinski definition) is 1. The van der Waals surface area contributed by atoms with Gasteiger partial charge in [0.15, 0.2) is 5.82 Å². The molecule has 0 radical (unpaired) electrons. The molecule has 15 heavy (non-hydrogen) atoms. The molecular weight excluding hydrogens is 194 g/mol. The Morgan fingerprint density at radius 1 is 1.53 bits per heavy atom. The molecule has 0 fully saturated rings. The van der Waals surface area contributed by atoms with Gasteiger partial charge < -0.3 is 5.32 Å². The van der Waals surface area contributed by atoms with E-state index in [0.29, 0.717) is 18.3 Å². The van der Waals surface area contributed by atoms with Gasteiger partial charge in [0.2, 0.25) is 5.91 Å². The van der Waals surface area contributed by atoms with Gasteiger partial charge >= 0.3 is 0 Å². The predicted molar refractivity (Wildman–Crippen MR) is 55.0 cm³/mol. The third-order valence-electron chi connectivity index (χ3n) is 2.07. The summed E-state index contributed by atoms with van der Waals surface area (Å²) in [7, 11) is 1.72. The van der Waals surface area contributed by atoms with E-state index >= 15 is 0 Å². The van der Waals surface area contributed by atoms with Crippen LogP contribution in [0.1, 0.15) is 26.1 Å². The van der Waals surface area contributed by atoms with Crippen molar-refractivity contribution in [2.45, 2.75) is 26.7 Å². The highest BCUT2D eigenvalue weighted by Gasteiger charge is 2.08. The van der Waals surface area contributed by atoms with Crippen molar-refractivity contribution in [3.63, 3.8) is 0 Å². The highest BCUT2D eigenvalue weighted by Crippen LogP contribution is 1.97. The van der Waals surface area contributed by atoms with Gasteiger partial charge in [-0.1, -0.05) is 13.8 Å². The zero-order chi connectivity index (χ0) is 11.3. The number of carbonyl (C=O) groups excluding carboxylic acids is 1. The van der Waals surface area contributed by atoms with Gasteiger partial charge in [-0.25, -0.2) is 4.68 Å². The predicted octanol–water partition coefficient (Wildman–Crippen LogP) is -0.0851. The van der Waals surface area contributed by atoms with E-state index in [4.69, 9.17) is 0 Å². The molecule has 0 atom stereocenters. The maximum absolute atomic E-state index is 11.4. The lowest BCUT2D eigenvalue weighted by Gasteiger charge is -2.06. The summed E-state index contributed by atoms with van der Waals surface area (Å²) in [5.41, 5.74) is 0. The Morgan fingerprint density at radius 2 is 2.27 bits per heavy atom. The average molecular weight is 211 g/mol. The van der Waals surface area contributed by atoms with Gasteiger partial charge in [0.25, 0.3) is 0 Å². The fraction of sp³-hybridized carbons (Fsp3) is 0.778. The monoisotopic (exact) mass is 211 g/mol. The van der Waals surface area contributed by atoms with Gasteiger partial charge in [0.05, 0.1) is 6.42 Å². The molecule has 1 N–H and O–H groups in total. The highest BCUT2D eigenvalue weighted by molar-refractivity contribution is 5.77. The van der Waals surface area contributed by atoms with Crippen molar-refractivity contribution in [1.29, 1.82) is 0 Å². The van der Waals surface area contributed by atoms with E-state index < -0.39 is 0 Å². The van der Waals surface area contributed by atoms with Crippen molar-refractivity contribution in [1.82, 2.24) is 25.5 Å². The lowest BCUT2D eigenvalue weighted by Crippen LogP contribution is -2.27. The largest absolute Gasteiger partial charge is 0.356 e. The minimum Gasteiger partial charge on any atom is -0.356 e. The van der Waals surface area contributed by atoms with Crippen LogP contribution in [0.15, 0.2) is 0 Å². The molecule has 0 aliphatic heterocycles. The number of tetrazole rings is 1. The summed E-state index contributed by atoms with van der Waals surface area (Å²) in [6.45, 7) is 4.96. The molecular formula is C9H17N5O. The van der Waals surface area contributed by atoms with E-state index in [1.165, 1.54) is 4.68 Å². The van der Waals surface area contributed by atoms with Crippen molar-refractivity contribution in [3.8, 4) is 0 Å². The molecule has 1 heterocycles. The van der Waals surface area contributed by atoms with Crippen LogP contribution in [-0.4, -0.2) is 32.7 Å². The van der Waals surface area contributed by atoms with Crippen LogP contribution in [0.5, 0.6) is 0 Å². The van der Waals surface area contributed by atoms with E-state index in [0.717, 1.165) is 6.42 Å². The number of hydrogen-bond acceptors (Lipinski definition) is 4. The van der Waals surface area contributed by atoms with Crippen LogP contribution in [0.3, 0.4) is 0 Å². The third kappa shape index (κ3) is 4.05. The van der Waals surface area contributed by atoms with Crippen LogP contribution in [0, 0.1) is 5.92 Å². The maximum Gasteiger partial charge on any atom is 0.227 e. The zero-order valence-electron chi connectivity index (χ0n) is 9.40. The number of amides is 1. The number of nitrogens with zero attached hydrogens (tertiary/aromatic N) is 4. The van der Waals surface area contributed by atoms with E-state index in [2.05, 4.69) is 34.7 Å². The summed E-state index contributed by atoms with van der Waals surface area (Å²) >= 11 is 0. The molecule has 0 saturated heterocycles. The molecule has 0 aromatic carbocycles. The van der Waals surface area contributed by atoms with E-state index in [9.17, 15) is 4.79 Å². The van der Waals surface area contributed by atoms with Crippen LogP contribution >= 0.6 is 0 Å². The number of aromatic nitrogens is 4. The van der Waals surface area contributed by atoms with Gasteiger partial charge in [0, 0.05) is 13.6 Å². The quantitative estimate of drug-likeness (QED) is 0.739. The Kier molecular flexibility index (Phi) is 4.20. The van der Waals surface area contributed by atoms with Crippen molar-refractivity contribution in [3.05, 3.63) is 5.82 Å². The topological polar surface area (TPSA) is 72.7 Å². The van der Waals surface area contributed by atoms with E-state index in [-0.39, 0.29) is 12.3 Å². The minimum atomic E-state index is -0.0337. The van der Waals surface area contributed by atoms with Crippen LogP contribution in [0.25, 0.3) is 0 Å². The fourth-order valence-electron chi connectivity index (χ4n) is 1.10. The van der Waals surface area contributed by atoms with Gasteiger partial charge in [-0.3, -0.25) is 4.79 Å². The Morgan fingerprint density at radius 3 is 2.80 bits per heavy atom. The zero-order valence-corrected chi connectivity index (χ0v) is 9.40. The summed E-state index contributed by atoms with van der Waals surface area (Å²) in [6.07, 6.45) is 1.23. The number of rotatable bonds is 5. The summed E-state index contributed by atoms with van der Waals surface area (Å²) in [6, 6.07) is 0. The minimum absolute atomic E-state index is 0.0337. The molecule has 84 valence electrons. The second-order valence-electron chi connectivity index (χ2n) is 3.93. The van der Waals surface area contributed by atoms with Crippen molar-refractivity contribution in [2.24, 2.45) is 13.0 Å². The first kappa shape index (κ1) is 11.6. The molecule has 1 aromatic rings. The molecule has 1 amide bonds. The number of aryl methyl sites for hydroxylation is 1. The lowest BCUT2D eigenvalue weighted by molar-refractivity contribution is -0.120. The normalized spacial score (nSPS) is 10.7. The first-order valence-corrected chi connectivity index (χ1v) is 5.07. The standard InChI is InChI=1S/C9H17N5O/c1-7(2)4-5-10-9(15)6-8-11-12-13-14(8)3/h7H,4-6H2,1-3H3,(H,10,15). The Balaban J connectivity index is 2.28. The molecule has 0 saturated carbocycles. The van der Waals surface area contributed by atoms with Gasteiger partial charge in [0.1, 0.15) is 0 Å². The van der Waals surface area contributed by atoms with Crippen molar-refractivity contribution < 1.29 is 4.79 Å². The van der Waals surface area contributed by atoms with Crippen molar-refractivity contribution in [2.75, 3.05) is 6.54 Å². The Bertz CT molecular complexity index is 320. The fourth-order valence-corrected chi connectivity index (χ4v) is 1.10. The molecule has 1 aromatic heterocycles. The first-order valence-electron chi connectivity index (χ1n) is 5.07. The maximum atomic E-state index is 11.4. The molecule has 6 nitrogen and oxygen atoms in total. The van der Waals surface area contributed by atoms with E-state index in [1.807, 2.05) is 0 Å². The van der Waals surface area contributed by atoms with Gasteiger partial charge in [-0.2, -0.15) is 0 Å². The molecule has 0 unspecified atom stereocenters. The van der Waals surface area contributed by atoms with Crippen LogP contribution in [0.4, 0.5) is 0 Å². The van der Waals surface area contributed by atoms with Crippen LogP contribution < -0.4 is 5.32 Å². The Hall–Kier alpha value is -1.46. The third-order valence-corrected chi connectivity index (χ3v) is 2.07. The van der Waals surface area contributed by atoms with E-state index in [1.54, 1.807) is 7.05 Å². The Labute approximate surface area is 89.0 Å². The number of nitrogens with one attached hydrogen (secondary N) is 1. The van der Waals surface area contributed by atoms with Crippen molar-refractivity contribution >= 4 is 5.91 Å². The highest BCUT2D eigenvalue weighted by atomic mass is 16.1.